The zero-order chi connectivity index (χ0) is 11.5. The Morgan fingerprint density at radius 1 is 1.69 bits per heavy atom. The van der Waals surface area contributed by atoms with Crippen LogP contribution in [0.3, 0.4) is 0 Å². The molecule has 5 nitrogen and oxygen atoms in total. The van der Waals surface area contributed by atoms with Gasteiger partial charge in [0.1, 0.15) is 5.69 Å². The first kappa shape index (κ1) is 11.4. The minimum absolute atomic E-state index is 0.0478. The third kappa shape index (κ3) is 2.55. The Bertz CT molecular complexity index is 373. The smallest absolute Gasteiger partial charge is 0.217 e. The molecule has 0 bridgehead atoms. The number of aromatic nitrogens is 3. The van der Waals surface area contributed by atoms with Crippen molar-refractivity contribution in [2.45, 2.75) is 32.4 Å². The molecule has 0 unspecified atom stereocenters. The van der Waals surface area contributed by atoms with Crippen LogP contribution in [0.15, 0.2) is 6.20 Å². The monoisotopic (exact) mass is 240 g/mol. The first-order chi connectivity index (χ1) is 7.69. The number of carbonyl (C=O) groups is 1. The summed E-state index contributed by atoms with van der Waals surface area (Å²) in [5, 5.41) is 10.8. The van der Waals surface area contributed by atoms with Crippen LogP contribution in [0.1, 0.15) is 31.5 Å². The van der Waals surface area contributed by atoms with Crippen molar-refractivity contribution in [3.63, 3.8) is 0 Å². The van der Waals surface area contributed by atoms with Gasteiger partial charge in [-0.25, -0.2) is 4.68 Å². The molecule has 0 saturated heterocycles. The van der Waals surface area contributed by atoms with Crippen LogP contribution < -0.4 is 5.32 Å². The molecule has 16 heavy (non-hydrogen) atoms. The molecule has 1 amide bonds. The van der Waals surface area contributed by atoms with Crippen LogP contribution in [0, 0.1) is 5.92 Å². The first-order valence-electron chi connectivity index (χ1n) is 5.45. The third-order valence-electron chi connectivity index (χ3n) is 2.92. The van der Waals surface area contributed by atoms with Gasteiger partial charge in [-0.15, -0.1) is 5.10 Å². The van der Waals surface area contributed by atoms with Crippen LogP contribution in [0.2, 0.25) is 0 Å². The number of nitrogens with one attached hydrogen (secondary N) is 1. The van der Waals surface area contributed by atoms with Crippen LogP contribution in [0.5, 0.6) is 0 Å². The second-order valence-electron chi connectivity index (χ2n) is 4.27. The zero-order valence-corrected chi connectivity index (χ0v) is 10.2. The molecule has 0 atom stereocenters. The molecule has 6 heteroatoms. The number of nitrogens with zero attached hydrogens (tertiary/aromatic N) is 3. The van der Waals surface area contributed by atoms with E-state index >= 15 is 0 Å². The van der Waals surface area contributed by atoms with E-state index in [0.29, 0.717) is 12.6 Å². The fraction of sp³-hybridized carbons (Fsp3) is 0.700. The Labute approximate surface area is 100 Å². The van der Waals surface area contributed by atoms with Gasteiger partial charge in [-0.3, -0.25) is 4.79 Å². The van der Waals surface area contributed by atoms with Crippen molar-refractivity contribution in [2.75, 3.05) is 5.75 Å². The number of hydrogen-bond donors (Lipinski definition) is 2. The summed E-state index contributed by atoms with van der Waals surface area (Å²) in [5.41, 5.74) is 0.810. The van der Waals surface area contributed by atoms with Gasteiger partial charge in [0.25, 0.3) is 0 Å². The highest BCUT2D eigenvalue weighted by Gasteiger charge is 2.30. The fourth-order valence-electron chi connectivity index (χ4n) is 1.85. The minimum Gasteiger partial charge on any atom is -0.351 e. The Morgan fingerprint density at radius 2 is 2.44 bits per heavy atom. The Kier molecular flexibility index (Phi) is 3.48. The van der Waals surface area contributed by atoms with E-state index in [2.05, 4.69) is 28.3 Å². The van der Waals surface area contributed by atoms with Gasteiger partial charge in [0.2, 0.25) is 5.91 Å². The van der Waals surface area contributed by atoms with E-state index in [1.807, 2.05) is 10.9 Å². The molecular weight excluding hydrogens is 224 g/mol. The maximum absolute atomic E-state index is 10.7. The van der Waals surface area contributed by atoms with E-state index < -0.39 is 0 Å². The van der Waals surface area contributed by atoms with E-state index in [1.54, 1.807) is 0 Å². The largest absolute Gasteiger partial charge is 0.351 e. The van der Waals surface area contributed by atoms with Gasteiger partial charge in [0.05, 0.1) is 18.8 Å². The van der Waals surface area contributed by atoms with Gasteiger partial charge in [-0.2, -0.15) is 12.6 Å². The van der Waals surface area contributed by atoms with Gasteiger partial charge < -0.3 is 5.32 Å². The van der Waals surface area contributed by atoms with Gasteiger partial charge >= 0.3 is 0 Å². The lowest BCUT2D eigenvalue weighted by atomic mass is 9.82. The summed E-state index contributed by atoms with van der Waals surface area (Å²) < 4.78 is 1.90. The molecular formula is C10H16N4OS. The summed E-state index contributed by atoms with van der Waals surface area (Å²) in [5.74, 6) is 1.62. The quantitative estimate of drug-likeness (QED) is 0.765. The number of hydrogen-bond acceptors (Lipinski definition) is 4. The van der Waals surface area contributed by atoms with Gasteiger partial charge in [-0.05, 0) is 24.5 Å². The predicted molar refractivity (Wildman–Crippen MR) is 63.2 cm³/mol. The molecule has 0 radical (unpaired) electrons. The standard InChI is InChI=1S/C10H16N4OS/c1-7(15)11-4-9-5-14(13-12-9)10-2-8(3-10)6-16/h5,8,10,16H,2-4,6H2,1H3,(H,11,15). The van der Waals surface area contributed by atoms with E-state index in [4.69, 9.17) is 0 Å². The molecule has 0 spiro atoms. The number of thiol groups is 1. The lowest BCUT2D eigenvalue weighted by Crippen LogP contribution is -2.28. The van der Waals surface area contributed by atoms with Crippen LogP contribution in [0.4, 0.5) is 0 Å². The Morgan fingerprint density at radius 3 is 3.06 bits per heavy atom. The van der Waals surface area contributed by atoms with Crippen molar-refractivity contribution in [2.24, 2.45) is 5.92 Å². The Balaban J connectivity index is 1.86. The van der Waals surface area contributed by atoms with Crippen molar-refractivity contribution < 1.29 is 4.79 Å². The third-order valence-corrected chi connectivity index (χ3v) is 3.44. The fourth-order valence-corrected chi connectivity index (χ4v) is 2.15. The summed E-state index contributed by atoms with van der Waals surface area (Å²) in [4.78, 5) is 10.7. The lowest BCUT2D eigenvalue weighted by Gasteiger charge is -2.33. The molecule has 1 aliphatic rings. The molecule has 0 aliphatic heterocycles. The van der Waals surface area contributed by atoms with Crippen LogP contribution in [-0.4, -0.2) is 26.7 Å². The van der Waals surface area contributed by atoms with E-state index in [0.717, 1.165) is 30.2 Å². The molecule has 1 saturated carbocycles. The predicted octanol–water partition coefficient (Wildman–Crippen LogP) is 0.795. The Hall–Kier alpha value is -1.04. The van der Waals surface area contributed by atoms with Crippen molar-refractivity contribution in [3.05, 3.63) is 11.9 Å². The van der Waals surface area contributed by atoms with E-state index in [9.17, 15) is 4.79 Å². The van der Waals surface area contributed by atoms with Crippen molar-refractivity contribution in [1.29, 1.82) is 0 Å². The molecule has 2 rings (SSSR count). The summed E-state index contributed by atoms with van der Waals surface area (Å²) in [7, 11) is 0. The molecule has 0 aromatic carbocycles. The average molecular weight is 240 g/mol. The normalized spacial score (nSPS) is 23.9. The molecule has 1 N–H and O–H groups in total. The molecule has 1 aromatic heterocycles. The minimum atomic E-state index is -0.0478. The second-order valence-corrected chi connectivity index (χ2v) is 4.64. The number of rotatable bonds is 4. The highest BCUT2D eigenvalue weighted by Crippen LogP contribution is 2.37. The first-order valence-corrected chi connectivity index (χ1v) is 6.08. The van der Waals surface area contributed by atoms with Gasteiger partial charge in [-0.1, -0.05) is 5.21 Å². The van der Waals surface area contributed by atoms with Gasteiger partial charge in [0.15, 0.2) is 0 Å². The molecule has 88 valence electrons. The molecule has 1 aliphatic carbocycles. The highest BCUT2D eigenvalue weighted by molar-refractivity contribution is 7.80. The summed E-state index contributed by atoms with van der Waals surface area (Å²) in [6.45, 7) is 1.95. The molecule has 1 heterocycles. The van der Waals surface area contributed by atoms with Crippen molar-refractivity contribution in [1.82, 2.24) is 20.3 Å². The summed E-state index contributed by atoms with van der Waals surface area (Å²) >= 11 is 4.27. The summed E-state index contributed by atoms with van der Waals surface area (Å²) in [6, 6.07) is 0.468. The van der Waals surface area contributed by atoms with Crippen molar-refractivity contribution in [3.8, 4) is 0 Å². The van der Waals surface area contributed by atoms with E-state index in [1.165, 1.54) is 6.92 Å². The highest BCUT2D eigenvalue weighted by atomic mass is 32.1. The number of carbonyl (C=O) groups excluding carboxylic acids is 1. The van der Waals surface area contributed by atoms with Crippen LogP contribution >= 0.6 is 12.6 Å². The van der Waals surface area contributed by atoms with Gasteiger partial charge in [0, 0.05) is 6.92 Å². The topological polar surface area (TPSA) is 59.8 Å². The van der Waals surface area contributed by atoms with E-state index in [-0.39, 0.29) is 5.91 Å². The van der Waals surface area contributed by atoms with Crippen LogP contribution in [0.25, 0.3) is 0 Å². The maximum Gasteiger partial charge on any atom is 0.217 e. The average Bonchev–Trinajstić information content (AvgIpc) is 2.62. The number of amides is 1. The van der Waals surface area contributed by atoms with Crippen molar-refractivity contribution >= 4 is 18.5 Å². The maximum atomic E-state index is 10.7. The lowest BCUT2D eigenvalue weighted by molar-refractivity contribution is -0.119. The summed E-state index contributed by atoms with van der Waals surface area (Å²) in [6.07, 6.45) is 4.17. The zero-order valence-electron chi connectivity index (χ0n) is 9.26. The molecule has 1 aromatic rings. The second kappa shape index (κ2) is 4.86. The van der Waals surface area contributed by atoms with Crippen LogP contribution in [-0.2, 0) is 11.3 Å². The molecule has 1 fully saturated rings. The SMILES string of the molecule is CC(=O)NCc1cn(C2CC(CS)C2)nn1.